The fourth-order valence-corrected chi connectivity index (χ4v) is 3.40. The van der Waals surface area contributed by atoms with Gasteiger partial charge in [0.1, 0.15) is 23.2 Å². The van der Waals surface area contributed by atoms with Crippen LogP contribution in [-0.4, -0.2) is 35.8 Å². The lowest BCUT2D eigenvalue weighted by Gasteiger charge is -2.28. The van der Waals surface area contributed by atoms with Crippen molar-refractivity contribution in [2.75, 3.05) is 13.2 Å². The Labute approximate surface area is 186 Å². The quantitative estimate of drug-likeness (QED) is 0.382. The summed E-state index contributed by atoms with van der Waals surface area (Å²) in [5.41, 5.74) is 1.60. The van der Waals surface area contributed by atoms with Crippen LogP contribution in [0, 0.1) is 17.2 Å². The summed E-state index contributed by atoms with van der Waals surface area (Å²) in [5.74, 6) is -0.497. The Morgan fingerprint density at radius 1 is 1.22 bits per heavy atom. The van der Waals surface area contributed by atoms with Gasteiger partial charge in [0.05, 0.1) is 12.2 Å². The van der Waals surface area contributed by atoms with Gasteiger partial charge in [0, 0.05) is 17.7 Å². The van der Waals surface area contributed by atoms with Crippen molar-refractivity contribution in [1.29, 1.82) is 5.26 Å². The molecular weight excluding hydrogens is 408 g/mol. The molecule has 0 unspecified atom stereocenters. The number of carbonyl (C=O) groups is 3. The highest BCUT2D eigenvalue weighted by Crippen LogP contribution is 2.30. The van der Waals surface area contributed by atoms with Gasteiger partial charge in [0.2, 0.25) is 0 Å². The van der Waals surface area contributed by atoms with Gasteiger partial charge in [-0.2, -0.15) is 5.26 Å². The molecule has 0 N–H and O–H groups in total. The zero-order valence-electron chi connectivity index (χ0n) is 18.5. The largest absolute Gasteiger partial charge is 0.462 e. The molecule has 0 saturated carbocycles. The van der Waals surface area contributed by atoms with E-state index in [4.69, 9.17) is 9.15 Å². The lowest BCUT2D eigenvalue weighted by molar-refractivity contribution is -0.141. The number of amides is 2. The SMILES string of the molecule is CCOC(=O)c1cccc(-c2ccc(/C=C3/C(=O)N(CC(C)C)C(=O)C(C#N)=C3C)o2)c1. The molecule has 0 bridgehead atoms. The molecule has 3 rings (SSSR count). The van der Waals surface area contributed by atoms with Gasteiger partial charge >= 0.3 is 5.97 Å². The van der Waals surface area contributed by atoms with E-state index in [0.717, 1.165) is 4.90 Å². The van der Waals surface area contributed by atoms with Crippen molar-refractivity contribution < 1.29 is 23.5 Å². The predicted octanol–water partition coefficient (Wildman–Crippen LogP) is 4.37. The van der Waals surface area contributed by atoms with Crippen molar-refractivity contribution in [3.8, 4) is 17.4 Å². The zero-order valence-corrected chi connectivity index (χ0v) is 18.5. The van der Waals surface area contributed by atoms with E-state index < -0.39 is 17.8 Å². The Morgan fingerprint density at radius 2 is 1.97 bits per heavy atom. The summed E-state index contributed by atoms with van der Waals surface area (Å²) in [6, 6.07) is 12.2. The number of hydrogen-bond acceptors (Lipinski definition) is 6. The van der Waals surface area contributed by atoms with Crippen LogP contribution >= 0.6 is 0 Å². The number of ether oxygens (including phenoxy) is 1. The summed E-state index contributed by atoms with van der Waals surface area (Å²) in [5, 5.41) is 9.46. The first-order valence-electron chi connectivity index (χ1n) is 10.3. The third-order valence-electron chi connectivity index (χ3n) is 4.94. The molecule has 0 atom stereocenters. The second-order valence-electron chi connectivity index (χ2n) is 7.79. The summed E-state index contributed by atoms with van der Waals surface area (Å²) >= 11 is 0. The number of imide groups is 1. The van der Waals surface area contributed by atoms with E-state index in [-0.39, 0.29) is 30.2 Å². The van der Waals surface area contributed by atoms with Crippen LogP contribution in [0.25, 0.3) is 17.4 Å². The van der Waals surface area contributed by atoms with Crippen molar-refractivity contribution in [2.45, 2.75) is 27.7 Å². The predicted molar refractivity (Wildman–Crippen MR) is 118 cm³/mol. The first kappa shape index (κ1) is 22.8. The minimum absolute atomic E-state index is 0.0505. The highest BCUT2D eigenvalue weighted by atomic mass is 16.5. The van der Waals surface area contributed by atoms with E-state index in [1.165, 1.54) is 6.08 Å². The number of benzene rings is 1. The number of furan rings is 1. The number of rotatable bonds is 6. The van der Waals surface area contributed by atoms with Crippen molar-refractivity contribution in [1.82, 2.24) is 4.90 Å². The summed E-state index contributed by atoms with van der Waals surface area (Å²) < 4.78 is 10.9. The molecule has 1 aromatic carbocycles. The van der Waals surface area contributed by atoms with Crippen LogP contribution in [0.5, 0.6) is 0 Å². The lowest BCUT2D eigenvalue weighted by atomic mass is 9.94. The molecule has 0 fully saturated rings. The van der Waals surface area contributed by atoms with E-state index in [1.54, 1.807) is 50.2 Å². The number of nitriles is 1. The Kier molecular flexibility index (Phi) is 6.74. The average molecular weight is 432 g/mol. The van der Waals surface area contributed by atoms with Gasteiger partial charge in [-0.3, -0.25) is 14.5 Å². The maximum atomic E-state index is 13.0. The number of nitrogens with zero attached hydrogens (tertiary/aromatic N) is 2. The molecule has 1 aliphatic rings. The molecular formula is C25H24N2O5. The van der Waals surface area contributed by atoms with Gasteiger partial charge in [-0.1, -0.05) is 26.0 Å². The fourth-order valence-electron chi connectivity index (χ4n) is 3.40. The Balaban J connectivity index is 1.98. The van der Waals surface area contributed by atoms with Crippen LogP contribution in [-0.2, 0) is 14.3 Å². The molecule has 164 valence electrons. The average Bonchev–Trinajstić information content (AvgIpc) is 3.23. The van der Waals surface area contributed by atoms with E-state index in [9.17, 15) is 19.6 Å². The summed E-state index contributed by atoms with van der Waals surface area (Å²) in [6.07, 6.45) is 1.54. The van der Waals surface area contributed by atoms with Gasteiger partial charge in [0.15, 0.2) is 0 Å². The van der Waals surface area contributed by atoms with E-state index in [2.05, 4.69) is 0 Å². The third-order valence-corrected chi connectivity index (χ3v) is 4.94. The Morgan fingerprint density at radius 3 is 2.62 bits per heavy atom. The van der Waals surface area contributed by atoms with E-state index in [0.29, 0.717) is 28.2 Å². The molecule has 7 heteroatoms. The van der Waals surface area contributed by atoms with Crippen molar-refractivity contribution in [3.63, 3.8) is 0 Å². The molecule has 1 aromatic heterocycles. The minimum Gasteiger partial charge on any atom is -0.462 e. The van der Waals surface area contributed by atoms with Crippen molar-refractivity contribution in [2.24, 2.45) is 5.92 Å². The van der Waals surface area contributed by atoms with Gasteiger partial charge in [-0.05, 0) is 55.7 Å². The first-order chi connectivity index (χ1) is 15.3. The topological polar surface area (TPSA) is 101 Å². The van der Waals surface area contributed by atoms with Gasteiger partial charge < -0.3 is 9.15 Å². The summed E-state index contributed by atoms with van der Waals surface area (Å²) in [6.45, 7) is 7.61. The lowest BCUT2D eigenvalue weighted by Crippen LogP contribution is -2.44. The van der Waals surface area contributed by atoms with Gasteiger partial charge in [0.25, 0.3) is 11.8 Å². The second kappa shape index (κ2) is 9.48. The Hall–Kier alpha value is -3.92. The number of esters is 1. The monoisotopic (exact) mass is 432 g/mol. The molecule has 2 amide bonds. The Bertz CT molecular complexity index is 1180. The summed E-state index contributed by atoms with van der Waals surface area (Å²) in [4.78, 5) is 38.7. The van der Waals surface area contributed by atoms with Crippen LogP contribution < -0.4 is 0 Å². The molecule has 0 saturated heterocycles. The van der Waals surface area contributed by atoms with Crippen LogP contribution in [0.3, 0.4) is 0 Å². The first-order valence-corrected chi connectivity index (χ1v) is 10.3. The van der Waals surface area contributed by atoms with Gasteiger partial charge in [-0.25, -0.2) is 4.79 Å². The standard InChI is InChI=1S/C25H24N2O5/c1-5-31-25(30)18-8-6-7-17(11-18)22-10-9-19(32-22)12-20-16(4)21(13-26)24(29)27(23(20)28)14-15(2)3/h6-12,15H,5,14H2,1-4H3/b20-12+. The fraction of sp³-hybridized carbons (Fsp3) is 0.280. The maximum Gasteiger partial charge on any atom is 0.338 e. The highest BCUT2D eigenvalue weighted by molar-refractivity contribution is 6.19. The molecule has 2 heterocycles. The van der Waals surface area contributed by atoms with E-state index in [1.807, 2.05) is 19.9 Å². The highest BCUT2D eigenvalue weighted by Gasteiger charge is 2.35. The minimum atomic E-state index is -0.572. The molecule has 0 radical (unpaired) electrons. The maximum absolute atomic E-state index is 13.0. The van der Waals surface area contributed by atoms with Crippen LogP contribution in [0.2, 0.25) is 0 Å². The van der Waals surface area contributed by atoms with Gasteiger partial charge in [-0.15, -0.1) is 0 Å². The number of hydrogen-bond donors (Lipinski definition) is 0. The third kappa shape index (κ3) is 4.54. The van der Waals surface area contributed by atoms with Crippen LogP contribution in [0.4, 0.5) is 0 Å². The molecule has 0 aliphatic carbocycles. The second-order valence-corrected chi connectivity index (χ2v) is 7.79. The van der Waals surface area contributed by atoms with Crippen molar-refractivity contribution in [3.05, 3.63) is 64.4 Å². The molecule has 0 spiro atoms. The molecule has 7 nitrogen and oxygen atoms in total. The van der Waals surface area contributed by atoms with Crippen LogP contribution in [0.15, 0.2) is 57.5 Å². The molecule has 2 aromatic rings. The van der Waals surface area contributed by atoms with E-state index >= 15 is 0 Å². The summed E-state index contributed by atoms with van der Waals surface area (Å²) in [7, 11) is 0. The molecule has 32 heavy (non-hydrogen) atoms. The normalized spacial score (nSPS) is 15.5. The number of carbonyl (C=O) groups excluding carboxylic acids is 3. The van der Waals surface area contributed by atoms with Crippen LogP contribution in [0.1, 0.15) is 43.8 Å². The smallest absolute Gasteiger partial charge is 0.338 e. The zero-order chi connectivity index (χ0) is 23.4. The molecule has 1 aliphatic heterocycles. The van der Waals surface area contributed by atoms with Crippen molar-refractivity contribution >= 4 is 23.9 Å².